The average Bonchev–Trinajstić information content (AvgIpc) is 2.15. The van der Waals surface area contributed by atoms with Crippen LogP contribution in [0.1, 0.15) is 15.9 Å². The molecule has 0 aliphatic heterocycles. The van der Waals surface area contributed by atoms with Crippen LogP contribution in [0.5, 0.6) is 0 Å². The summed E-state index contributed by atoms with van der Waals surface area (Å²) in [6.07, 6.45) is 0.687. The highest BCUT2D eigenvalue weighted by Crippen LogP contribution is 2.08. The van der Waals surface area contributed by atoms with E-state index in [9.17, 15) is 9.18 Å². The SMILES string of the molecule is CONCc1cc(F)ccc1C=O. The van der Waals surface area contributed by atoms with E-state index < -0.39 is 0 Å². The van der Waals surface area contributed by atoms with Gasteiger partial charge in [0.2, 0.25) is 0 Å². The van der Waals surface area contributed by atoms with E-state index in [4.69, 9.17) is 0 Å². The first-order chi connectivity index (χ1) is 6.27. The van der Waals surface area contributed by atoms with Crippen molar-refractivity contribution >= 4 is 6.29 Å². The second kappa shape index (κ2) is 4.69. The van der Waals surface area contributed by atoms with Crippen molar-refractivity contribution in [2.75, 3.05) is 7.11 Å². The zero-order valence-electron chi connectivity index (χ0n) is 7.21. The molecule has 0 spiro atoms. The van der Waals surface area contributed by atoms with Crippen molar-refractivity contribution in [3.63, 3.8) is 0 Å². The van der Waals surface area contributed by atoms with Gasteiger partial charge in [-0.3, -0.25) is 4.79 Å². The molecular weight excluding hydrogens is 173 g/mol. The van der Waals surface area contributed by atoms with E-state index in [0.29, 0.717) is 24.0 Å². The van der Waals surface area contributed by atoms with Crippen LogP contribution in [0.3, 0.4) is 0 Å². The maximum atomic E-state index is 12.7. The molecule has 70 valence electrons. The molecular formula is C9H10FNO2. The standard InChI is InChI=1S/C9H10FNO2/c1-13-11-5-8-4-9(10)3-2-7(8)6-12/h2-4,6,11H,5H2,1H3. The van der Waals surface area contributed by atoms with Crippen molar-refractivity contribution in [1.29, 1.82) is 0 Å². The largest absolute Gasteiger partial charge is 0.305 e. The minimum atomic E-state index is -0.362. The Hall–Kier alpha value is -1.26. The molecule has 0 radical (unpaired) electrons. The van der Waals surface area contributed by atoms with Crippen LogP contribution in [0, 0.1) is 5.82 Å². The lowest BCUT2D eigenvalue weighted by atomic mass is 10.1. The second-order valence-corrected chi connectivity index (χ2v) is 2.49. The first-order valence-corrected chi connectivity index (χ1v) is 3.77. The molecule has 0 heterocycles. The van der Waals surface area contributed by atoms with E-state index in [1.807, 2.05) is 0 Å². The lowest BCUT2D eigenvalue weighted by Gasteiger charge is -2.04. The Balaban J connectivity index is 2.87. The van der Waals surface area contributed by atoms with Crippen LogP contribution in [0.15, 0.2) is 18.2 Å². The van der Waals surface area contributed by atoms with Gasteiger partial charge in [0.1, 0.15) is 12.1 Å². The number of hydroxylamine groups is 1. The Kier molecular flexibility index (Phi) is 3.54. The van der Waals surface area contributed by atoms with Gasteiger partial charge < -0.3 is 4.84 Å². The van der Waals surface area contributed by atoms with Gasteiger partial charge >= 0.3 is 0 Å². The third-order valence-corrected chi connectivity index (χ3v) is 1.64. The van der Waals surface area contributed by atoms with Crippen molar-refractivity contribution in [1.82, 2.24) is 5.48 Å². The molecule has 0 fully saturated rings. The van der Waals surface area contributed by atoms with Gasteiger partial charge in [0.15, 0.2) is 0 Å². The van der Waals surface area contributed by atoms with Gasteiger partial charge in [-0.05, 0) is 23.8 Å². The molecule has 0 aliphatic rings. The van der Waals surface area contributed by atoms with Crippen molar-refractivity contribution in [2.24, 2.45) is 0 Å². The number of carbonyl (C=O) groups excluding carboxylic acids is 1. The fourth-order valence-electron chi connectivity index (χ4n) is 0.992. The molecule has 0 bridgehead atoms. The minimum absolute atomic E-state index is 0.308. The molecule has 0 amide bonds. The van der Waals surface area contributed by atoms with Gasteiger partial charge in [-0.25, -0.2) is 4.39 Å². The molecule has 0 saturated heterocycles. The molecule has 1 rings (SSSR count). The molecule has 3 nitrogen and oxygen atoms in total. The predicted molar refractivity (Wildman–Crippen MR) is 45.6 cm³/mol. The molecule has 0 unspecified atom stereocenters. The molecule has 1 N–H and O–H groups in total. The number of benzene rings is 1. The lowest BCUT2D eigenvalue weighted by Crippen LogP contribution is -2.12. The van der Waals surface area contributed by atoms with E-state index >= 15 is 0 Å². The summed E-state index contributed by atoms with van der Waals surface area (Å²) >= 11 is 0. The zero-order chi connectivity index (χ0) is 9.68. The molecule has 0 saturated carbocycles. The number of nitrogens with one attached hydrogen (secondary N) is 1. The van der Waals surface area contributed by atoms with Gasteiger partial charge in [0.05, 0.1) is 7.11 Å². The second-order valence-electron chi connectivity index (χ2n) is 2.49. The van der Waals surface area contributed by atoms with Crippen LogP contribution >= 0.6 is 0 Å². The Morgan fingerprint density at radius 1 is 1.62 bits per heavy atom. The maximum Gasteiger partial charge on any atom is 0.150 e. The third-order valence-electron chi connectivity index (χ3n) is 1.64. The van der Waals surface area contributed by atoms with Gasteiger partial charge in [-0.15, -0.1) is 0 Å². The Labute approximate surface area is 75.5 Å². The molecule has 1 aromatic rings. The Bertz CT molecular complexity index is 302. The average molecular weight is 183 g/mol. The number of rotatable bonds is 4. The summed E-state index contributed by atoms with van der Waals surface area (Å²) in [6.45, 7) is 0.308. The summed E-state index contributed by atoms with van der Waals surface area (Å²) in [4.78, 5) is 15.1. The van der Waals surface area contributed by atoms with E-state index in [1.165, 1.54) is 25.3 Å². The van der Waals surface area contributed by atoms with Crippen molar-refractivity contribution < 1.29 is 14.0 Å². The van der Waals surface area contributed by atoms with E-state index in [1.54, 1.807) is 0 Å². The lowest BCUT2D eigenvalue weighted by molar-refractivity contribution is 0.0863. The summed E-state index contributed by atoms with van der Waals surface area (Å²) in [7, 11) is 1.46. The minimum Gasteiger partial charge on any atom is -0.305 e. The van der Waals surface area contributed by atoms with E-state index in [2.05, 4.69) is 10.3 Å². The molecule has 1 aromatic carbocycles. The van der Waals surface area contributed by atoms with Crippen LogP contribution in [-0.4, -0.2) is 13.4 Å². The van der Waals surface area contributed by atoms with E-state index in [-0.39, 0.29) is 5.82 Å². The number of hydrogen-bond donors (Lipinski definition) is 1. The van der Waals surface area contributed by atoms with Gasteiger partial charge in [0.25, 0.3) is 0 Å². The molecule has 4 heteroatoms. The molecule has 0 aliphatic carbocycles. The van der Waals surface area contributed by atoms with Gasteiger partial charge in [-0.1, -0.05) is 0 Å². The van der Waals surface area contributed by atoms with Crippen LogP contribution in [0.4, 0.5) is 4.39 Å². The fourth-order valence-corrected chi connectivity index (χ4v) is 0.992. The summed E-state index contributed by atoms with van der Waals surface area (Å²) < 4.78 is 12.7. The molecule has 0 aromatic heterocycles. The van der Waals surface area contributed by atoms with Crippen LogP contribution in [-0.2, 0) is 11.4 Å². The monoisotopic (exact) mass is 183 g/mol. The highest BCUT2D eigenvalue weighted by molar-refractivity contribution is 5.77. The number of halogens is 1. The highest BCUT2D eigenvalue weighted by Gasteiger charge is 2.02. The zero-order valence-corrected chi connectivity index (χ0v) is 7.21. The first kappa shape index (κ1) is 9.83. The predicted octanol–water partition coefficient (Wildman–Crippen LogP) is 1.29. The van der Waals surface area contributed by atoms with Crippen LogP contribution < -0.4 is 5.48 Å². The van der Waals surface area contributed by atoms with Crippen molar-refractivity contribution in [3.05, 3.63) is 35.1 Å². The Morgan fingerprint density at radius 2 is 2.38 bits per heavy atom. The summed E-state index contributed by atoms with van der Waals surface area (Å²) in [5, 5.41) is 0. The van der Waals surface area contributed by atoms with Crippen LogP contribution in [0.25, 0.3) is 0 Å². The topological polar surface area (TPSA) is 38.3 Å². The maximum absolute atomic E-state index is 12.7. The number of carbonyl (C=O) groups is 1. The van der Waals surface area contributed by atoms with Gasteiger partial charge in [-0.2, -0.15) is 5.48 Å². The van der Waals surface area contributed by atoms with Crippen molar-refractivity contribution in [2.45, 2.75) is 6.54 Å². The number of aldehydes is 1. The van der Waals surface area contributed by atoms with E-state index in [0.717, 1.165) is 0 Å². The van der Waals surface area contributed by atoms with Crippen LogP contribution in [0.2, 0.25) is 0 Å². The third kappa shape index (κ3) is 2.61. The number of hydrogen-bond acceptors (Lipinski definition) is 3. The fraction of sp³-hybridized carbons (Fsp3) is 0.222. The highest BCUT2D eigenvalue weighted by atomic mass is 19.1. The Morgan fingerprint density at radius 3 is 3.00 bits per heavy atom. The van der Waals surface area contributed by atoms with Gasteiger partial charge in [0, 0.05) is 12.1 Å². The summed E-state index contributed by atoms with van der Waals surface area (Å²) in [5.41, 5.74) is 3.59. The summed E-state index contributed by atoms with van der Waals surface area (Å²) in [5.74, 6) is -0.362. The quantitative estimate of drug-likeness (QED) is 0.564. The molecule has 13 heavy (non-hydrogen) atoms. The first-order valence-electron chi connectivity index (χ1n) is 3.77. The molecule has 0 atom stereocenters. The van der Waals surface area contributed by atoms with Crippen molar-refractivity contribution in [3.8, 4) is 0 Å². The summed E-state index contributed by atoms with van der Waals surface area (Å²) in [6, 6.07) is 3.99. The smallest absolute Gasteiger partial charge is 0.150 e. The normalized spacial score (nSPS) is 10.0.